The van der Waals surface area contributed by atoms with Crippen molar-refractivity contribution < 1.29 is 9.66 Å². The molecule has 0 saturated carbocycles. The van der Waals surface area contributed by atoms with Gasteiger partial charge in [0, 0.05) is 37.0 Å². The Hall–Kier alpha value is -1.82. The van der Waals surface area contributed by atoms with Crippen LogP contribution in [0.25, 0.3) is 0 Å². The van der Waals surface area contributed by atoms with Crippen LogP contribution in [-0.2, 0) is 0 Å². The number of nitrogens with zero attached hydrogens (tertiary/aromatic N) is 2. The molecule has 1 fully saturated rings. The summed E-state index contributed by atoms with van der Waals surface area (Å²) in [5.74, 6) is 0.907. The Bertz CT molecular complexity index is 519. The van der Waals surface area contributed by atoms with Crippen molar-refractivity contribution >= 4 is 11.4 Å². The Morgan fingerprint density at radius 1 is 1.43 bits per heavy atom. The Morgan fingerprint density at radius 3 is 2.71 bits per heavy atom. The van der Waals surface area contributed by atoms with Gasteiger partial charge in [0.05, 0.1) is 17.1 Å². The molecule has 0 aliphatic carbocycles. The number of rotatable bonds is 4. The first-order chi connectivity index (χ1) is 9.86. The molecule has 1 aromatic rings. The van der Waals surface area contributed by atoms with Gasteiger partial charge in [-0.1, -0.05) is 6.92 Å². The van der Waals surface area contributed by atoms with E-state index in [0.29, 0.717) is 11.7 Å². The van der Waals surface area contributed by atoms with Crippen LogP contribution in [0.3, 0.4) is 0 Å². The van der Waals surface area contributed by atoms with E-state index in [2.05, 4.69) is 11.8 Å². The first-order valence-corrected chi connectivity index (χ1v) is 7.33. The van der Waals surface area contributed by atoms with Crippen molar-refractivity contribution in [3.8, 4) is 5.75 Å². The van der Waals surface area contributed by atoms with Gasteiger partial charge in [-0.2, -0.15) is 0 Å². The smallest absolute Gasteiger partial charge is 0.275 e. The minimum atomic E-state index is -0.379. The van der Waals surface area contributed by atoms with E-state index < -0.39 is 0 Å². The van der Waals surface area contributed by atoms with E-state index >= 15 is 0 Å². The monoisotopic (exact) mass is 293 g/mol. The zero-order valence-electron chi connectivity index (χ0n) is 12.8. The van der Waals surface area contributed by atoms with E-state index in [0.717, 1.165) is 25.2 Å². The summed E-state index contributed by atoms with van der Waals surface area (Å²) >= 11 is 0. The number of anilines is 1. The predicted molar refractivity (Wildman–Crippen MR) is 82.8 cm³/mol. The molecule has 0 spiro atoms. The van der Waals surface area contributed by atoms with Crippen LogP contribution < -0.4 is 15.4 Å². The van der Waals surface area contributed by atoms with Crippen LogP contribution in [0.2, 0.25) is 0 Å². The summed E-state index contributed by atoms with van der Waals surface area (Å²) in [5, 5.41) is 11.1. The highest BCUT2D eigenvalue weighted by molar-refractivity contribution is 5.58. The van der Waals surface area contributed by atoms with Crippen LogP contribution in [0.4, 0.5) is 11.4 Å². The lowest BCUT2D eigenvalue weighted by molar-refractivity contribution is -0.384. The van der Waals surface area contributed by atoms with E-state index in [9.17, 15) is 10.1 Å². The summed E-state index contributed by atoms with van der Waals surface area (Å²) in [4.78, 5) is 12.9. The second-order valence-corrected chi connectivity index (χ2v) is 5.98. The van der Waals surface area contributed by atoms with Gasteiger partial charge in [-0.05, 0) is 26.2 Å². The molecule has 0 amide bonds. The Morgan fingerprint density at radius 2 is 2.14 bits per heavy atom. The molecule has 21 heavy (non-hydrogen) atoms. The largest absolute Gasteiger partial charge is 0.491 e. The quantitative estimate of drug-likeness (QED) is 0.681. The third-order valence-electron chi connectivity index (χ3n) is 3.80. The average molecular weight is 293 g/mol. The lowest BCUT2D eigenvalue weighted by atomic mass is 9.94. The van der Waals surface area contributed by atoms with Gasteiger partial charge in [-0.25, -0.2) is 0 Å². The molecule has 2 atom stereocenters. The lowest BCUT2D eigenvalue weighted by Crippen LogP contribution is -2.46. The number of nitrogens with two attached hydrogens (primary N) is 1. The fraction of sp³-hybridized carbons (Fsp3) is 0.600. The third-order valence-corrected chi connectivity index (χ3v) is 3.80. The molecular formula is C15H23N3O3. The molecule has 0 aromatic heterocycles. The normalized spacial score (nSPS) is 22.4. The highest BCUT2D eigenvalue weighted by atomic mass is 16.6. The maximum atomic E-state index is 11.1. The van der Waals surface area contributed by atoms with Crippen molar-refractivity contribution in [2.75, 3.05) is 18.0 Å². The van der Waals surface area contributed by atoms with Crippen LogP contribution in [-0.4, -0.2) is 30.2 Å². The number of hydrogen-bond acceptors (Lipinski definition) is 5. The number of piperidine rings is 1. The summed E-state index contributed by atoms with van der Waals surface area (Å²) in [6.45, 7) is 7.54. The SMILES string of the molecule is CC(C)Oc1cc(N2CCC(N)C(C)C2)cc([N+](=O)[O-])c1. The summed E-state index contributed by atoms with van der Waals surface area (Å²) in [6.07, 6.45) is 0.873. The fourth-order valence-electron chi connectivity index (χ4n) is 2.59. The first kappa shape index (κ1) is 15.6. The maximum Gasteiger partial charge on any atom is 0.275 e. The number of ether oxygens (including phenoxy) is 1. The number of non-ortho nitro benzene ring substituents is 1. The minimum absolute atomic E-state index is 0.0199. The average Bonchev–Trinajstić information content (AvgIpc) is 2.40. The van der Waals surface area contributed by atoms with Crippen molar-refractivity contribution in [1.82, 2.24) is 0 Å². The van der Waals surface area contributed by atoms with Crippen molar-refractivity contribution in [3.63, 3.8) is 0 Å². The molecule has 2 rings (SSSR count). The van der Waals surface area contributed by atoms with Gasteiger partial charge in [0.2, 0.25) is 0 Å². The van der Waals surface area contributed by atoms with Gasteiger partial charge in [-0.15, -0.1) is 0 Å². The molecule has 116 valence electrons. The number of nitro benzene ring substituents is 1. The minimum Gasteiger partial charge on any atom is -0.491 e. The highest BCUT2D eigenvalue weighted by Crippen LogP contribution is 2.31. The summed E-state index contributed by atoms with van der Waals surface area (Å²) in [7, 11) is 0. The summed E-state index contributed by atoms with van der Waals surface area (Å²) in [6, 6.07) is 5.15. The van der Waals surface area contributed by atoms with Gasteiger partial charge in [0.25, 0.3) is 5.69 Å². The predicted octanol–water partition coefficient (Wildman–Crippen LogP) is 2.56. The zero-order chi connectivity index (χ0) is 15.6. The molecule has 6 nitrogen and oxygen atoms in total. The molecule has 0 bridgehead atoms. The van der Waals surface area contributed by atoms with Crippen molar-refractivity contribution in [2.24, 2.45) is 11.7 Å². The van der Waals surface area contributed by atoms with Crippen LogP contribution >= 0.6 is 0 Å². The molecule has 2 N–H and O–H groups in total. The Balaban J connectivity index is 2.29. The molecule has 2 unspecified atom stereocenters. The highest BCUT2D eigenvalue weighted by Gasteiger charge is 2.25. The second-order valence-electron chi connectivity index (χ2n) is 5.98. The number of hydrogen-bond donors (Lipinski definition) is 1. The van der Waals surface area contributed by atoms with Crippen LogP contribution in [0.5, 0.6) is 5.75 Å². The van der Waals surface area contributed by atoms with Crippen molar-refractivity contribution in [3.05, 3.63) is 28.3 Å². The Kier molecular flexibility index (Phi) is 4.67. The van der Waals surface area contributed by atoms with E-state index in [4.69, 9.17) is 10.5 Å². The number of nitro groups is 1. The van der Waals surface area contributed by atoms with Crippen molar-refractivity contribution in [1.29, 1.82) is 0 Å². The van der Waals surface area contributed by atoms with Gasteiger partial charge >= 0.3 is 0 Å². The van der Waals surface area contributed by atoms with E-state index in [1.807, 2.05) is 19.9 Å². The van der Waals surface area contributed by atoms with Gasteiger partial charge in [0.15, 0.2) is 0 Å². The van der Waals surface area contributed by atoms with Gasteiger partial charge in [-0.3, -0.25) is 10.1 Å². The summed E-state index contributed by atoms with van der Waals surface area (Å²) < 4.78 is 5.63. The fourth-order valence-corrected chi connectivity index (χ4v) is 2.59. The molecule has 1 saturated heterocycles. The standard InChI is InChI=1S/C15H23N3O3/c1-10(2)21-14-7-12(6-13(8-14)18(19)20)17-5-4-15(16)11(3)9-17/h6-8,10-11,15H,4-5,9,16H2,1-3H3. The first-order valence-electron chi connectivity index (χ1n) is 7.33. The Labute approximate surface area is 125 Å². The van der Waals surface area contributed by atoms with Crippen molar-refractivity contribution in [2.45, 2.75) is 39.3 Å². The number of benzene rings is 1. The lowest BCUT2D eigenvalue weighted by Gasteiger charge is -2.36. The second kappa shape index (κ2) is 6.30. The van der Waals surface area contributed by atoms with E-state index in [1.165, 1.54) is 6.07 Å². The van der Waals surface area contributed by atoms with Gasteiger partial charge in [0.1, 0.15) is 5.75 Å². The van der Waals surface area contributed by atoms with Crippen LogP contribution in [0.1, 0.15) is 27.2 Å². The van der Waals surface area contributed by atoms with Crippen LogP contribution in [0, 0.1) is 16.0 Å². The van der Waals surface area contributed by atoms with E-state index in [-0.39, 0.29) is 22.8 Å². The third kappa shape index (κ3) is 3.85. The topological polar surface area (TPSA) is 81.6 Å². The molecule has 1 aliphatic heterocycles. The molecule has 1 heterocycles. The molecule has 0 radical (unpaired) electrons. The zero-order valence-corrected chi connectivity index (χ0v) is 12.8. The summed E-state index contributed by atoms with van der Waals surface area (Å²) in [5.41, 5.74) is 6.93. The molecule has 1 aliphatic rings. The molecular weight excluding hydrogens is 270 g/mol. The molecule has 6 heteroatoms. The molecule has 1 aromatic carbocycles. The maximum absolute atomic E-state index is 11.1. The van der Waals surface area contributed by atoms with Gasteiger partial charge < -0.3 is 15.4 Å². The van der Waals surface area contributed by atoms with E-state index in [1.54, 1.807) is 6.07 Å². The van der Waals surface area contributed by atoms with Crippen LogP contribution in [0.15, 0.2) is 18.2 Å².